The lowest BCUT2D eigenvalue weighted by Crippen LogP contribution is -2.46. The molecular formula is C28H31FN6O2. The number of benzene rings is 1. The number of aromatic nitrogens is 2. The van der Waals surface area contributed by atoms with Crippen LogP contribution in [-0.2, 0) is 4.74 Å². The Balaban J connectivity index is 1.64. The first-order chi connectivity index (χ1) is 17.8. The molecule has 1 amide bonds. The van der Waals surface area contributed by atoms with E-state index in [4.69, 9.17) is 9.72 Å². The van der Waals surface area contributed by atoms with Crippen molar-refractivity contribution in [3.05, 3.63) is 53.5 Å². The summed E-state index contributed by atoms with van der Waals surface area (Å²) < 4.78 is 20.2. The molecule has 0 aliphatic carbocycles. The Labute approximate surface area is 216 Å². The van der Waals surface area contributed by atoms with E-state index < -0.39 is 5.82 Å². The molecule has 0 spiro atoms. The highest BCUT2D eigenvalue weighted by Gasteiger charge is 2.30. The second-order valence-electron chi connectivity index (χ2n) is 10.1. The number of carbonyl (C=O) groups is 1. The predicted octanol–water partition coefficient (Wildman–Crippen LogP) is 3.75. The number of hydrogen-bond donors (Lipinski definition) is 1. The maximum atomic E-state index is 14.2. The molecule has 5 rings (SSSR count). The number of anilines is 1. The zero-order valence-corrected chi connectivity index (χ0v) is 21.4. The van der Waals surface area contributed by atoms with Gasteiger partial charge in [0.05, 0.1) is 52.5 Å². The van der Waals surface area contributed by atoms with Gasteiger partial charge in [-0.25, -0.2) is 9.37 Å². The second kappa shape index (κ2) is 10.4. The smallest absolute Gasteiger partial charge is 0.258 e. The quantitative estimate of drug-likeness (QED) is 0.568. The molecule has 2 fully saturated rings. The fourth-order valence-electron chi connectivity index (χ4n) is 5.36. The highest BCUT2D eigenvalue weighted by molar-refractivity contribution is 6.09. The van der Waals surface area contributed by atoms with Crippen LogP contribution in [0.2, 0.25) is 0 Å². The Morgan fingerprint density at radius 3 is 2.76 bits per heavy atom. The molecule has 0 radical (unpaired) electrons. The number of nitrogens with one attached hydrogen (secondary N) is 1. The van der Waals surface area contributed by atoms with Crippen molar-refractivity contribution in [1.82, 2.24) is 20.2 Å². The molecule has 2 aliphatic rings. The van der Waals surface area contributed by atoms with Crippen LogP contribution in [0.5, 0.6) is 0 Å². The highest BCUT2D eigenvalue weighted by Crippen LogP contribution is 2.32. The molecule has 3 aromatic rings. The lowest BCUT2D eigenvalue weighted by Gasteiger charge is -2.37. The minimum atomic E-state index is -0.515. The van der Waals surface area contributed by atoms with E-state index in [9.17, 15) is 14.4 Å². The lowest BCUT2D eigenvalue weighted by molar-refractivity contribution is -0.00530. The fraction of sp³-hybridized carbons (Fsp3) is 0.429. The van der Waals surface area contributed by atoms with E-state index in [2.05, 4.69) is 15.2 Å². The summed E-state index contributed by atoms with van der Waals surface area (Å²) in [5, 5.41) is 12.8. The number of halogens is 1. The number of fused-ring (bicyclic) bond motifs is 1. The third-order valence-electron chi connectivity index (χ3n) is 6.99. The first-order valence-electron chi connectivity index (χ1n) is 12.7. The van der Waals surface area contributed by atoms with Crippen LogP contribution in [-0.4, -0.2) is 72.3 Å². The number of morpholine rings is 1. The molecule has 2 unspecified atom stereocenters. The van der Waals surface area contributed by atoms with Crippen molar-refractivity contribution in [2.75, 3.05) is 38.1 Å². The zero-order chi connectivity index (χ0) is 26.1. The minimum Gasteiger partial charge on any atom is -0.372 e. The number of rotatable bonds is 5. The molecule has 0 bridgehead atoms. The summed E-state index contributed by atoms with van der Waals surface area (Å²) in [7, 11) is 1.82. The normalized spacial score (nSPS) is 21.7. The van der Waals surface area contributed by atoms with E-state index in [0.717, 1.165) is 19.4 Å². The van der Waals surface area contributed by atoms with Crippen molar-refractivity contribution >= 4 is 22.6 Å². The van der Waals surface area contributed by atoms with Crippen LogP contribution in [0.3, 0.4) is 0 Å². The summed E-state index contributed by atoms with van der Waals surface area (Å²) in [6.45, 7) is 6.84. The molecule has 1 N–H and O–H groups in total. The molecule has 0 saturated carbocycles. The summed E-state index contributed by atoms with van der Waals surface area (Å²) in [5.41, 5.74) is 3.38. The third kappa shape index (κ3) is 5.26. The summed E-state index contributed by atoms with van der Waals surface area (Å²) in [5.74, 6) is -0.649. The number of hydrogen-bond acceptors (Lipinski definition) is 7. The van der Waals surface area contributed by atoms with Crippen molar-refractivity contribution in [3.63, 3.8) is 0 Å². The van der Waals surface area contributed by atoms with Gasteiger partial charge in [-0.1, -0.05) is 0 Å². The van der Waals surface area contributed by atoms with Crippen molar-refractivity contribution in [2.45, 2.75) is 44.9 Å². The van der Waals surface area contributed by atoms with Crippen LogP contribution in [0, 0.1) is 17.1 Å². The summed E-state index contributed by atoms with van der Waals surface area (Å²) in [4.78, 5) is 27.4. The number of pyridine rings is 2. The Bertz CT molecular complexity index is 1360. The van der Waals surface area contributed by atoms with Gasteiger partial charge in [0.2, 0.25) is 0 Å². The molecule has 37 heavy (non-hydrogen) atoms. The van der Waals surface area contributed by atoms with Crippen LogP contribution in [0.15, 0.2) is 36.5 Å². The zero-order valence-electron chi connectivity index (χ0n) is 21.4. The molecular weight excluding hydrogens is 471 g/mol. The standard InChI is InChI=1S/C28H31FN6O2/c1-17-14-35(15-18(2)37-17)25-13-32-24-7-6-23(20-9-19(12-30)10-21(29)11-20)33-27(24)26(25)28(36)34(3)16-22-5-4-8-31-22/h6-7,9-11,13,17-18,22,31H,4-5,8,14-16H2,1-3H3/t17?,18?,22-/m0/s1. The molecule has 4 heterocycles. The van der Waals surface area contributed by atoms with E-state index in [1.54, 1.807) is 29.3 Å². The fourth-order valence-corrected chi connectivity index (χ4v) is 5.36. The largest absolute Gasteiger partial charge is 0.372 e. The number of amides is 1. The Kier molecular flexibility index (Phi) is 7.04. The van der Waals surface area contributed by atoms with Gasteiger partial charge in [0.25, 0.3) is 5.91 Å². The third-order valence-corrected chi connectivity index (χ3v) is 6.99. The number of nitrogens with zero attached hydrogens (tertiary/aromatic N) is 5. The van der Waals surface area contributed by atoms with Crippen LogP contribution in [0.4, 0.5) is 10.1 Å². The molecule has 2 saturated heterocycles. The van der Waals surface area contributed by atoms with E-state index in [1.165, 1.54) is 12.1 Å². The average molecular weight is 503 g/mol. The van der Waals surface area contributed by atoms with Crippen LogP contribution in [0.1, 0.15) is 42.6 Å². The van der Waals surface area contributed by atoms with Gasteiger partial charge in [0.15, 0.2) is 0 Å². The summed E-state index contributed by atoms with van der Waals surface area (Å²) in [6, 6.07) is 9.90. The number of likely N-dealkylation sites (N-methyl/N-ethyl adjacent to an activating group) is 1. The van der Waals surface area contributed by atoms with Crippen molar-refractivity contribution in [3.8, 4) is 17.3 Å². The van der Waals surface area contributed by atoms with E-state index in [1.807, 2.05) is 27.0 Å². The van der Waals surface area contributed by atoms with Crippen molar-refractivity contribution < 1.29 is 13.9 Å². The van der Waals surface area contributed by atoms with Crippen LogP contribution in [0.25, 0.3) is 22.3 Å². The summed E-state index contributed by atoms with van der Waals surface area (Å²) in [6.07, 6.45) is 3.88. The molecule has 9 heteroatoms. The molecule has 192 valence electrons. The van der Waals surface area contributed by atoms with Gasteiger partial charge in [0.1, 0.15) is 11.3 Å². The predicted molar refractivity (Wildman–Crippen MR) is 140 cm³/mol. The number of ether oxygens (including phenoxy) is 1. The Hall–Kier alpha value is -3.61. The molecule has 3 atom stereocenters. The Morgan fingerprint density at radius 1 is 1.27 bits per heavy atom. The van der Waals surface area contributed by atoms with Crippen LogP contribution >= 0.6 is 0 Å². The second-order valence-corrected chi connectivity index (χ2v) is 10.1. The van der Waals surface area contributed by atoms with E-state index in [-0.39, 0.29) is 29.7 Å². The molecule has 8 nitrogen and oxygen atoms in total. The minimum absolute atomic E-state index is 0.00110. The number of carbonyl (C=O) groups excluding carboxylic acids is 1. The maximum Gasteiger partial charge on any atom is 0.258 e. The summed E-state index contributed by atoms with van der Waals surface area (Å²) >= 11 is 0. The molecule has 2 aliphatic heterocycles. The van der Waals surface area contributed by atoms with Crippen molar-refractivity contribution in [2.24, 2.45) is 0 Å². The number of nitriles is 1. The van der Waals surface area contributed by atoms with Crippen molar-refractivity contribution in [1.29, 1.82) is 5.26 Å². The van der Waals surface area contributed by atoms with Crippen LogP contribution < -0.4 is 10.2 Å². The lowest BCUT2D eigenvalue weighted by atomic mass is 10.0. The average Bonchev–Trinajstić information content (AvgIpc) is 3.39. The maximum absolute atomic E-state index is 14.2. The SMILES string of the molecule is CC1CN(c2cnc3ccc(-c4cc(F)cc(C#N)c4)nc3c2C(=O)N(C)C[C@@H]2CCCN2)CC(C)O1. The monoisotopic (exact) mass is 502 g/mol. The van der Waals surface area contributed by atoms with Gasteiger partial charge in [-0.2, -0.15) is 5.26 Å². The van der Waals surface area contributed by atoms with E-state index in [0.29, 0.717) is 53.2 Å². The first-order valence-corrected chi connectivity index (χ1v) is 12.7. The van der Waals surface area contributed by atoms with Gasteiger partial charge in [-0.15, -0.1) is 0 Å². The van der Waals surface area contributed by atoms with Gasteiger partial charge < -0.3 is 19.9 Å². The molecule has 1 aromatic carbocycles. The Morgan fingerprint density at radius 2 is 2.05 bits per heavy atom. The van der Waals surface area contributed by atoms with Gasteiger partial charge in [-0.05, 0) is 63.6 Å². The first kappa shape index (κ1) is 25.1. The topological polar surface area (TPSA) is 94.4 Å². The molecule has 2 aromatic heterocycles. The highest BCUT2D eigenvalue weighted by atomic mass is 19.1. The van der Waals surface area contributed by atoms with Gasteiger partial charge >= 0.3 is 0 Å². The van der Waals surface area contributed by atoms with E-state index >= 15 is 0 Å². The van der Waals surface area contributed by atoms with Gasteiger partial charge in [-0.3, -0.25) is 9.78 Å². The van der Waals surface area contributed by atoms with Gasteiger partial charge in [0, 0.05) is 38.3 Å².